The van der Waals surface area contributed by atoms with Crippen LogP contribution in [0.3, 0.4) is 0 Å². The number of hydrogen-bond acceptors (Lipinski definition) is 3. The van der Waals surface area contributed by atoms with Crippen LogP contribution in [0.4, 0.5) is 15.8 Å². The van der Waals surface area contributed by atoms with E-state index in [1.54, 1.807) is 18.2 Å². The highest BCUT2D eigenvalue weighted by atomic mass is 19.1. The summed E-state index contributed by atoms with van der Waals surface area (Å²) in [5, 5.41) is 3.78. The second-order valence-electron chi connectivity index (χ2n) is 7.88. The first-order valence-corrected chi connectivity index (χ1v) is 9.85. The number of hydrogen-bond donors (Lipinski definition) is 2. The van der Waals surface area contributed by atoms with E-state index < -0.39 is 5.92 Å². The van der Waals surface area contributed by atoms with Crippen molar-refractivity contribution >= 4 is 34.1 Å². The number of aromatic nitrogens is 1. The summed E-state index contributed by atoms with van der Waals surface area (Å²) in [6, 6.07) is 12.6. The van der Waals surface area contributed by atoms with Crippen LogP contribution in [0.2, 0.25) is 0 Å². The molecule has 0 aliphatic carbocycles. The fourth-order valence-corrected chi connectivity index (χ4v) is 3.84. The normalized spacial score (nSPS) is 16.5. The van der Waals surface area contributed by atoms with Crippen molar-refractivity contribution in [2.24, 2.45) is 5.92 Å². The number of anilines is 2. The first kappa shape index (κ1) is 19.8. The lowest BCUT2D eigenvalue weighted by Gasteiger charge is -2.17. The molecule has 1 atom stereocenters. The number of nitrogens with zero attached hydrogens (tertiary/aromatic N) is 1. The third-order valence-corrected chi connectivity index (χ3v) is 5.40. The van der Waals surface area contributed by atoms with Gasteiger partial charge >= 0.3 is 0 Å². The summed E-state index contributed by atoms with van der Waals surface area (Å²) in [6.07, 6.45) is 0.0884. The van der Waals surface area contributed by atoms with E-state index in [1.807, 2.05) is 19.9 Å². The summed E-state index contributed by atoms with van der Waals surface area (Å²) >= 11 is 0. The Kier molecular flexibility index (Phi) is 5.11. The Hall–Kier alpha value is -3.48. The molecule has 0 bridgehead atoms. The third-order valence-electron chi connectivity index (χ3n) is 5.40. The molecule has 7 heteroatoms. The number of aromatic amines is 1. The van der Waals surface area contributed by atoms with Crippen LogP contribution in [0, 0.1) is 11.7 Å². The summed E-state index contributed by atoms with van der Waals surface area (Å²) < 4.78 is 13.1. The number of halogens is 1. The van der Waals surface area contributed by atoms with Gasteiger partial charge in [-0.25, -0.2) is 4.39 Å². The van der Waals surface area contributed by atoms with Gasteiger partial charge in [0.15, 0.2) is 0 Å². The lowest BCUT2D eigenvalue weighted by molar-refractivity contribution is -0.122. The lowest BCUT2D eigenvalue weighted by Crippen LogP contribution is -2.28. The summed E-state index contributed by atoms with van der Waals surface area (Å²) in [6.45, 7) is 4.28. The highest BCUT2D eigenvalue weighted by molar-refractivity contribution is 6.04. The number of carbonyl (C=O) groups is 2. The fourth-order valence-electron chi connectivity index (χ4n) is 3.84. The average Bonchev–Trinajstić information content (AvgIpc) is 3.09. The number of benzene rings is 2. The van der Waals surface area contributed by atoms with E-state index in [9.17, 15) is 18.8 Å². The minimum Gasteiger partial charge on any atom is -0.326 e. The van der Waals surface area contributed by atoms with Crippen LogP contribution >= 0.6 is 0 Å². The van der Waals surface area contributed by atoms with Gasteiger partial charge in [-0.05, 0) is 47.9 Å². The minimum absolute atomic E-state index is 0.0884. The predicted octanol–water partition coefficient (Wildman–Crippen LogP) is 3.78. The van der Waals surface area contributed by atoms with Crippen LogP contribution in [0.5, 0.6) is 0 Å². The maximum atomic E-state index is 13.1. The van der Waals surface area contributed by atoms with Crippen molar-refractivity contribution in [2.45, 2.75) is 26.2 Å². The second-order valence-corrected chi connectivity index (χ2v) is 7.88. The highest BCUT2D eigenvalue weighted by Gasteiger charge is 2.35. The van der Waals surface area contributed by atoms with Gasteiger partial charge in [0.2, 0.25) is 17.4 Å². The molecular formula is C23H22FN3O3. The smallest absolute Gasteiger partial charge is 0.248 e. The van der Waals surface area contributed by atoms with Gasteiger partial charge in [-0.3, -0.25) is 14.4 Å². The number of carbonyl (C=O) groups excluding carboxylic acids is 2. The Morgan fingerprint density at radius 2 is 1.87 bits per heavy atom. The molecule has 30 heavy (non-hydrogen) atoms. The molecule has 6 nitrogen and oxygen atoms in total. The fraction of sp³-hybridized carbons (Fsp3) is 0.261. The van der Waals surface area contributed by atoms with Gasteiger partial charge in [-0.15, -0.1) is 0 Å². The van der Waals surface area contributed by atoms with Gasteiger partial charge in [0.25, 0.3) is 0 Å². The average molecular weight is 407 g/mol. The number of H-pyrrole nitrogens is 1. The van der Waals surface area contributed by atoms with E-state index in [-0.39, 0.29) is 42.1 Å². The van der Waals surface area contributed by atoms with Crippen LogP contribution in [0.1, 0.15) is 31.7 Å². The molecule has 4 rings (SSSR count). The Labute approximate surface area is 172 Å². The van der Waals surface area contributed by atoms with Crippen molar-refractivity contribution in [2.75, 3.05) is 16.8 Å². The molecule has 1 unspecified atom stereocenters. The van der Waals surface area contributed by atoms with Gasteiger partial charge in [-0.2, -0.15) is 0 Å². The van der Waals surface area contributed by atoms with E-state index in [0.717, 1.165) is 10.9 Å². The minimum atomic E-state index is -0.515. The topological polar surface area (TPSA) is 82.3 Å². The quantitative estimate of drug-likeness (QED) is 0.691. The maximum absolute atomic E-state index is 13.1. The van der Waals surface area contributed by atoms with Gasteiger partial charge in [0.1, 0.15) is 5.82 Å². The molecule has 2 amide bonds. The molecule has 1 aliphatic heterocycles. The molecule has 3 aromatic rings. The van der Waals surface area contributed by atoms with E-state index in [4.69, 9.17) is 0 Å². The maximum Gasteiger partial charge on any atom is 0.248 e. The second kappa shape index (κ2) is 7.74. The molecule has 1 saturated heterocycles. The van der Waals surface area contributed by atoms with Gasteiger partial charge in [0.05, 0.1) is 11.4 Å². The Bertz CT molecular complexity index is 1180. The monoisotopic (exact) mass is 407 g/mol. The zero-order valence-corrected chi connectivity index (χ0v) is 16.7. The first-order valence-electron chi connectivity index (χ1n) is 9.85. The van der Waals surface area contributed by atoms with Gasteiger partial charge < -0.3 is 15.2 Å². The third kappa shape index (κ3) is 3.83. The molecule has 2 heterocycles. The summed E-state index contributed by atoms with van der Waals surface area (Å²) in [4.78, 5) is 41.4. The van der Waals surface area contributed by atoms with E-state index in [2.05, 4.69) is 10.3 Å². The van der Waals surface area contributed by atoms with Crippen LogP contribution in [-0.4, -0.2) is 23.3 Å². The van der Waals surface area contributed by atoms with E-state index in [1.165, 1.54) is 29.2 Å². The molecular weight excluding hydrogens is 385 g/mol. The largest absolute Gasteiger partial charge is 0.326 e. The van der Waals surface area contributed by atoms with Crippen LogP contribution in [0.25, 0.3) is 10.9 Å². The zero-order chi connectivity index (χ0) is 21.4. The van der Waals surface area contributed by atoms with Crippen molar-refractivity contribution in [1.82, 2.24) is 4.98 Å². The van der Waals surface area contributed by atoms with Crippen molar-refractivity contribution < 1.29 is 14.0 Å². The molecule has 1 aliphatic rings. The number of nitrogens with one attached hydrogen (secondary N) is 2. The van der Waals surface area contributed by atoms with Gasteiger partial charge in [0, 0.05) is 35.8 Å². The number of amides is 2. The molecule has 2 N–H and O–H groups in total. The summed E-state index contributed by atoms with van der Waals surface area (Å²) in [7, 11) is 0. The Morgan fingerprint density at radius 1 is 1.13 bits per heavy atom. The molecule has 0 saturated carbocycles. The summed E-state index contributed by atoms with van der Waals surface area (Å²) in [5.41, 5.74) is 2.53. The Balaban J connectivity index is 1.52. The van der Waals surface area contributed by atoms with Crippen LogP contribution in [-0.2, 0) is 9.59 Å². The molecule has 0 radical (unpaired) electrons. The van der Waals surface area contributed by atoms with Crippen molar-refractivity contribution in [1.29, 1.82) is 0 Å². The Morgan fingerprint density at radius 3 is 2.57 bits per heavy atom. The molecule has 1 aromatic heterocycles. The first-order chi connectivity index (χ1) is 14.3. The standard InChI is InChI=1S/C23H22FN3O3/c1-13(2)19-11-21(28)26-20-10-16(5-8-18(19)20)25-23(30)14-9-22(29)27(12-14)17-6-3-15(24)4-7-17/h3-8,10-11,13-14H,9,12H2,1-2H3,(H,25,30)(H,26,28). The SMILES string of the molecule is CC(C)c1cc(=O)[nH]c2cc(NC(=O)C3CC(=O)N(c4ccc(F)cc4)C3)ccc12. The van der Waals surface area contributed by atoms with Crippen molar-refractivity contribution in [3.63, 3.8) is 0 Å². The lowest BCUT2D eigenvalue weighted by atomic mass is 9.98. The number of fused-ring (bicyclic) bond motifs is 1. The zero-order valence-electron chi connectivity index (χ0n) is 16.7. The van der Waals surface area contributed by atoms with Crippen LogP contribution < -0.4 is 15.8 Å². The molecule has 154 valence electrons. The van der Waals surface area contributed by atoms with Crippen LogP contribution in [0.15, 0.2) is 53.3 Å². The van der Waals surface area contributed by atoms with Crippen molar-refractivity contribution in [3.05, 3.63) is 70.3 Å². The number of rotatable bonds is 4. The van der Waals surface area contributed by atoms with E-state index in [0.29, 0.717) is 16.9 Å². The van der Waals surface area contributed by atoms with Crippen molar-refractivity contribution in [3.8, 4) is 0 Å². The van der Waals surface area contributed by atoms with E-state index >= 15 is 0 Å². The van der Waals surface area contributed by atoms with Gasteiger partial charge in [-0.1, -0.05) is 19.9 Å². The number of pyridine rings is 1. The predicted molar refractivity (Wildman–Crippen MR) is 114 cm³/mol. The molecule has 0 spiro atoms. The highest BCUT2D eigenvalue weighted by Crippen LogP contribution is 2.28. The summed E-state index contributed by atoms with van der Waals surface area (Å²) in [5.74, 6) is -1.15. The molecule has 2 aromatic carbocycles. The molecule has 1 fully saturated rings.